The van der Waals surface area contributed by atoms with Gasteiger partial charge in [0.1, 0.15) is 0 Å². The summed E-state index contributed by atoms with van der Waals surface area (Å²) in [6.07, 6.45) is 2.13. The molecule has 0 aliphatic carbocycles. The number of thioether (sulfide) groups is 1. The fourth-order valence-electron chi connectivity index (χ4n) is 1.57. The highest BCUT2D eigenvalue weighted by molar-refractivity contribution is 7.98. The average Bonchev–Trinajstić information content (AvgIpc) is 2.25. The summed E-state index contributed by atoms with van der Waals surface area (Å²) >= 11 is 1.87. The van der Waals surface area contributed by atoms with Crippen LogP contribution < -0.4 is 10.6 Å². The molecule has 0 saturated carbocycles. The van der Waals surface area contributed by atoms with Crippen LogP contribution >= 0.6 is 11.8 Å². The Morgan fingerprint density at radius 1 is 1.40 bits per heavy atom. The van der Waals surface area contributed by atoms with Crippen LogP contribution in [-0.4, -0.2) is 25.6 Å². The third-order valence-electron chi connectivity index (χ3n) is 2.47. The predicted molar refractivity (Wildman–Crippen MR) is 70.7 cm³/mol. The summed E-state index contributed by atoms with van der Waals surface area (Å²) in [7, 11) is 2.12. The van der Waals surface area contributed by atoms with Gasteiger partial charge in [-0.15, -0.1) is 0 Å². The highest BCUT2D eigenvalue weighted by Gasteiger charge is 2.09. The standard InChI is InChI=1S/C12H20N2S/c1-10(13)11-6-4-5-7-12(11)14(2)8-9-15-3/h4-7,10H,8-9,13H2,1-3H3/t10-/m1/s1. The van der Waals surface area contributed by atoms with Crippen LogP contribution in [0.15, 0.2) is 24.3 Å². The molecule has 0 aliphatic heterocycles. The lowest BCUT2D eigenvalue weighted by molar-refractivity contribution is 0.807. The Balaban J connectivity index is 2.82. The van der Waals surface area contributed by atoms with Gasteiger partial charge in [-0.3, -0.25) is 0 Å². The van der Waals surface area contributed by atoms with Gasteiger partial charge in [-0.1, -0.05) is 18.2 Å². The first-order valence-corrected chi connectivity index (χ1v) is 6.60. The molecule has 0 spiro atoms. The van der Waals surface area contributed by atoms with E-state index in [0.29, 0.717) is 0 Å². The number of anilines is 1. The van der Waals surface area contributed by atoms with Gasteiger partial charge in [-0.05, 0) is 24.8 Å². The molecule has 0 amide bonds. The third-order valence-corrected chi connectivity index (χ3v) is 3.06. The zero-order valence-electron chi connectivity index (χ0n) is 9.73. The van der Waals surface area contributed by atoms with E-state index in [-0.39, 0.29) is 6.04 Å². The van der Waals surface area contributed by atoms with Gasteiger partial charge in [0, 0.05) is 31.1 Å². The van der Waals surface area contributed by atoms with Crippen LogP contribution in [0, 0.1) is 0 Å². The lowest BCUT2D eigenvalue weighted by Gasteiger charge is -2.23. The summed E-state index contributed by atoms with van der Waals surface area (Å²) in [5.41, 5.74) is 8.42. The van der Waals surface area contributed by atoms with Crippen molar-refractivity contribution in [3.05, 3.63) is 29.8 Å². The number of hydrogen-bond donors (Lipinski definition) is 1. The molecule has 0 saturated heterocycles. The smallest absolute Gasteiger partial charge is 0.0412 e. The molecule has 2 nitrogen and oxygen atoms in total. The van der Waals surface area contributed by atoms with E-state index in [0.717, 1.165) is 12.3 Å². The fourth-order valence-corrected chi connectivity index (χ4v) is 2.03. The summed E-state index contributed by atoms with van der Waals surface area (Å²) in [6, 6.07) is 8.45. The zero-order valence-corrected chi connectivity index (χ0v) is 10.6. The maximum Gasteiger partial charge on any atom is 0.0412 e. The van der Waals surface area contributed by atoms with Gasteiger partial charge in [0.05, 0.1) is 0 Å². The summed E-state index contributed by atoms with van der Waals surface area (Å²) in [4.78, 5) is 2.27. The molecule has 1 aromatic rings. The van der Waals surface area contributed by atoms with E-state index in [9.17, 15) is 0 Å². The molecule has 1 rings (SSSR count). The van der Waals surface area contributed by atoms with Crippen LogP contribution in [0.3, 0.4) is 0 Å². The predicted octanol–water partition coefficient (Wildman–Crippen LogP) is 2.51. The van der Waals surface area contributed by atoms with Crippen molar-refractivity contribution in [1.82, 2.24) is 0 Å². The van der Waals surface area contributed by atoms with Gasteiger partial charge in [0.2, 0.25) is 0 Å². The Bertz CT molecular complexity index is 299. The highest BCUT2D eigenvalue weighted by atomic mass is 32.2. The molecule has 84 valence electrons. The minimum atomic E-state index is 0.0953. The summed E-state index contributed by atoms with van der Waals surface area (Å²) < 4.78 is 0. The topological polar surface area (TPSA) is 29.3 Å². The lowest BCUT2D eigenvalue weighted by Crippen LogP contribution is -2.23. The maximum atomic E-state index is 5.95. The number of nitrogens with zero attached hydrogens (tertiary/aromatic N) is 1. The fraction of sp³-hybridized carbons (Fsp3) is 0.500. The van der Waals surface area contributed by atoms with Crippen LogP contribution in [0.2, 0.25) is 0 Å². The Hall–Kier alpha value is -0.670. The summed E-state index contributed by atoms with van der Waals surface area (Å²) in [5.74, 6) is 1.14. The summed E-state index contributed by atoms with van der Waals surface area (Å²) in [6.45, 7) is 3.09. The van der Waals surface area contributed by atoms with Gasteiger partial charge in [-0.2, -0.15) is 11.8 Å². The molecule has 3 heteroatoms. The Morgan fingerprint density at radius 3 is 2.67 bits per heavy atom. The van der Waals surface area contributed by atoms with Gasteiger partial charge in [-0.25, -0.2) is 0 Å². The quantitative estimate of drug-likeness (QED) is 0.833. The van der Waals surface area contributed by atoms with Gasteiger partial charge in [0.25, 0.3) is 0 Å². The molecule has 0 heterocycles. The van der Waals surface area contributed by atoms with Crippen LogP contribution in [0.1, 0.15) is 18.5 Å². The van der Waals surface area contributed by atoms with Crippen LogP contribution in [0.25, 0.3) is 0 Å². The van der Waals surface area contributed by atoms with E-state index in [4.69, 9.17) is 5.73 Å². The molecule has 2 N–H and O–H groups in total. The molecule has 0 bridgehead atoms. The monoisotopic (exact) mass is 224 g/mol. The Morgan fingerprint density at radius 2 is 2.07 bits per heavy atom. The van der Waals surface area contributed by atoms with Crippen LogP contribution in [0.4, 0.5) is 5.69 Å². The summed E-state index contributed by atoms with van der Waals surface area (Å²) in [5, 5.41) is 0. The zero-order chi connectivity index (χ0) is 11.3. The minimum absolute atomic E-state index is 0.0953. The van der Waals surface area contributed by atoms with Crippen molar-refractivity contribution in [2.24, 2.45) is 5.73 Å². The van der Waals surface area contributed by atoms with Crippen LogP contribution in [-0.2, 0) is 0 Å². The molecule has 0 fully saturated rings. The molecule has 0 unspecified atom stereocenters. The van der Waals surface area contributed by atoms with Crippen LogP contribution in [0.5, 0.6) is 0 Å². The molecular formula is C12H20N2S. The van der Waals surface area contributed by atoms with Crippen molar-refractivity contribution < 1.29 is 0 Å². The van der Waals surface area contributed by atoms with Crippen molar-refractivity contribution in [2.45, 2.75) is 13.0 Å². The van der Waals surface area contributed by atoms with Crippen molar-refractivity contribution >= 4 is 17.4 Å². The van der Waals surface area contributed by atoms with Crippen molar-refractivity contribution in [1.29, 1.82) is 0 Å². The van der Waals surface area contributed by atoms with Gasteiger partial charge >= 0.3 is 0 Å². The molecule has 0 aromatic heterocycles. The molecule has 15 heavy (non-hydrogen) atoms. The maximum absolute atomic E-state index is 5.95. The SMILES string of the molecule is CSCCN(C)c1ccccc1[C@@H](C)N. The second-order valence-corrected chi connectivity index (χ2v) is 4.75. The third kappa shape index (κ3) is 3.43. The number of nitrogens with two attached hydrogens (primary N) is 1. The molecule has 0 aliphatic rings. The largest absolute Gasteiger partial charge is 0.373 e. The molecule has 1 aromatic carbocycles. The highest BCUT2D eigenvalue weighted by Crippen LogP contribution is 2.23. The second kappa shape index (κ2) is 6.03. The van der Waals surface area contributed by atoms with Gasteiger partial charge in [0.15, 0.2) is 0 Å². The first-order chi connectivity index (χ1) is 7.16. The van der Waals surface area contributed by atoms with E-state index in [2.05, 4.69) is 36.4 Å². The Labute approximate surface area is 96.8 Å². The van der Waals surface area contributed by atoms with E-state index in [1.54, 1.807) is 0 Å². The molecule has 1 atom stereocenters. The van der Waals surface area contributed by atoms with E-state index in [1.165, 1.54) is 11.3 Å². The number of benzene rings is 1. The normalized spacial score (nSPS) is 12.5. The molecule has 0 radical (unpaired) electrons. The first-order valence-electron chi connectivity index (χ1n) is 5.21. The van der Waals surface area contributed by atoms with Crippen molar-refractivity contribution in [3.63, 3.8) is 0 Å². The minimum Gasteiger partial charge on any atom is -0.373 e. The van der Waals surface area contributed by atoms with E-state index in [1.807, 2.05) is 24.8 Å². The Kier molecular flexibility index (Phi) is 4.99. The molecular weight excluding hydrogens is 204 g/mol. The van der Waals surface area contributed by atoms with Crippen molar-refractivity contribution in [3.8, 4) is 0 Å². The lowest BCUT2D eigenvalue weighted by atomic mass is 10.1. The number of para-hydroxylation sites is 1. The second-order valence-electron chi connectivity index (χ2n) is 3.76. The number of hydrogen-bond acceptors (Lipinski definition) is 3. The van der Waals surface area contributed by atoms with E-state index < -0.39 is 0 Å². The first kappa shape index (κ1) is 12.4. The number of rotatable bonds is 5. The van der Waals surface area contributed by atoms with E-state index >= 15 is 0 Å². The van der Waals surface area contributed by atoms with Crippen molar-refractivity contribution in [2.75, 3.05) is 30.5 Å². The van der Waals surface area contributed by atoms with Gasteiger partial charge < -0.3 is 10.6 Å². The average molecular weight is 224 g/mol.